The van der Waals surface area contributed by atoms with Gasteiger partial charge in [-0.3, -0.25) is 0 Å². The van der Waals surface area contributed by atoms with Gasteiger partial charge in [0, 0.05) is 12.1 Å². The molecule has 1 N–H and O–H groups in total. The molecule has 2 atom stereocenters. The fourth-order valence-corrected chi connectivity index (χ4v) is 2.61. The monoisotopic (exact) mass is 183 g/mol. The summed E-state index contributed by atoms with van der Waals surface area (Å²) in [5.74, 6) is 0.920. The van der Waals surface area contributed by atoms with Crippen molar-refractivity contribution in [3.05, 3.63) is 0 Å². The van der Waals surface area contributed by atoms with Gasteiger partial charge in [0.05, 0.1) is 13.2 Å². The highest BCUT2D eigenvalue weighted by atomic mass is 16.5. The largest absolute Gasteiger partial charge is 0.378 e. The van der Waals surface area contributed by atoms with Gasteiger partial charge in [0.1, 0.15) is 0 Å². The number of rotatable bonds is 0. The van der Waals surface area contributed by atoms with Crippen LogP contribution in [0.25, 0.3) is 0 Å². The first-order valence-electron chi connectivity index (χ1n) is 5.64. The van der Waals surface area contributed by atoms with Gasteiger partial charge < -0.3 is 10.1 Å². The Balaban J connectivity index is 1.95. The summed E-state index contributed by atoms with van der Waals surface area (Å²) in [4.78, 5) is 0. The summed E-state index contributed by atoms with van der Waals surface area (Å²) in [5.41, 5.74) is 0.350. The van der Waals surface area contributed by atoms with E-state index in [0.717, 1.165) is 25.7 Å². The molecule has 2 fully saturated rings. The Morgan fingerprint density at radius 1 is 1.31 bits per heavy atom. The van der Waals surface area contributed by atoms with Crippen molar-refractivity contribution >= 4 is 0 Å². The van der Waals surface area contributed by atoms with Gasteiger partial charge >= 0.3 is 0 Å². The van der Waals surface area contributed by atoms with Crippen LogP contribution >= 0.6 is 0 Å². The molecule has 13 heavy (non-hydrogen) atoms. The fraction of sp³-hybridized carbons (Fsp3) is 1.00. The van der Waals surface area contributed by atoms with Crippen molar-refractivity contribution < 1.29 is 4.74 Å². The standard InChI is InChI=1S/C11H21NO/c1-10-3-2-5-11(6-4-10)9-13-8-7-12-11/h10,12H,2-9H2,1H3. The second kappa shape index (κ2) is 3.97. The molecule has 0 aromatic carbocycles. The van der Waals surface area contributed by atoms with Crippen LogP contribution < -0.4 is 5.32 Å². The van der Waals surface area contributed by atoms with Crippen molar-refractivity contribution in [2.45, 2.75) is 44.6 Å². The first-order chi connectivity index (χ1) is 6.31. The van der Waals surface area contributed by atoms with Crippen molar-refractivity contribution in [3.8, 4) is 0 Å². The smallest absolute Gasteiger partial charge is 0.0648 e. The van der Waals surface area contributed by atoms with E-state index in [-0.39, 0.29) is 0 Å². The molecule has 0 aromatic rings. The van der Waals surface area contributed by atoms with Gasteiger partial charge in [-0.05, 0) is 25.2 Å². The van der Waals surface area contributed by atoms with Crippen LogP contribution in [0.15, 0.2) is 0 Å². The van der Waals surface area contributed by atoms with Crippen LogP contribution in [0.4, 0.5) is 0 Å². The van der Waals surface area contributed by atoms with Crippen LogP contribution in [0.5, 0.6) is 0 Å². The molecule has 1 spiro atoms. The predicted molar refractivity (Wildman–Crippen MR) is 53.8 cm³/mol. The second-order valence-electron chi connectivity index (χ2n) is 4.80. The highest BCUT2D eigenvalue weighted by molar-refractivity contribution is 4.92. The van der Waals surface area contributed by atoms with Crippen molar-refractivity contribution in [1.82, 2.24) is 5.32 Å². The maximum absolute atomic E-state index is 5.59. The van der Waals surface area contributed by atoms with E-state index < -0.39 is 0 Å². The molecule has 2 nitrogen and oxygen atoms in total. The summed E-state index contributed by atoms with van der Waals surface area (Å²) in [6.45, 7) is 5.27. The van der Waals surface area contributed by atoms with E-state index in [2.05, 4.69) is 12.2 Å². The van der Waals surface area contributed by atoms with Gasteiger partial charge in [-0.1, -0.05) is 19.8 Å². The zero-order chi connectivity index (χ0) is 9.15. The van der Waals surface area contributed by atoms with Crippen LogP contribution in [-0.4, -0.2) is 25.3 Å². The minimum absolute atomic E-state index is 0.350. The second-order valence-corrected chi connectivity index (χ2v) is 4.80. The van der Waals surface area contributed by atoms with Crippen LogP contribution in [0.2, 0.25) is 0 Å². The van der Waals surface area contributed by atoms with Gasteiger partial charge in [0.2, 0.25) is 0 Å². The summed E-state index contributed by atoms with van der Waals surface area (Å²) in [6, 6.07) is 0. The Labute approximate surface area is 81.0 Å². The van der Waals surface area contributed by atoms with Gasteiger partial charge in [0.25, 0.3) is 0 Å². The first-order valence-corrected chi connectivity index (χ1v) is 5.64. The zero-order valence-electron chi connectivity index (χ0n) is 8.64. The molecule has 0 aromatic heterocycles. The molecule has 1 heterocycles. The lowest BCUT2D eigenvalue weighted by atomic mass is 9.90. The molecule has 1 saturated heterocycles. The van der Waals surface area contributed by atoms with E-state index in [0.29, 0.717) is 5.54 Å². The number of nitrogens with one attached hydrogen (secondary N) is 1. The lowest BCUT2D eigenvalue weighted by Gasteiger charge is -2.37. The van der Waals surface area contributed by atoms with Crippen molar-refractivity contribution in [3.63, 3.8) is 0 Å². The highest BCUT2D eigenvalue weighted by Crippen LogP contribution is 2.31. The van der Waals surface area contributed by atoms with E-state index in [9.17, 15) is 0 Å². The molecule has 2 heteroatoms. The lowest BCUT2D eigenvalue weighted by Crippen LogP contribution is -2.53. The molecule has 0 amide bonds. The molecule has 2 aliphatic rings. The fourth-order valence-electron chi connectivity index (χ4n) is 2.61. The summed E-state index contributed by atoms with van der Waals surface area (Å²) in [7, 11) is 0. The van der Waals surface area contributed by atoms with E-state index in [1.165, 1.54) is 32.1 Å². The topological polar surface area (TPSA) is 21.3 Å². The Morgan fingerprint density at radius 3 is 3.00 bits per heavy atom. The average Bonchev–Trinajstić information content (AvgIpc) is 2.32. The van der Waals surface area contributed by atoms with Crippen LogP contribution in [0.1, 0.15) is 39.0 Å². The number of morpholine rings is 1. The van der Waals surface area contributed by atoms with Gasteiger partial charge in [0.15, 0.2) is 0 Å². The minimum atomic E-state index is 0.350. The maximum Gasteiger partial charge on any atom is 0.0648 e. The molecule has 0 radical (unpaired) electrons. The van der Waals surface area contributed by atoms with Crippen LogP contribution in [0, 0.1) is 5.92 Å². The van der Waals surface area contributed by atoms with E-state index in [1.54, 1.807) is 0 Å². The third kappa shape index (κ3) is 2.23. The minimum Gasteiger partial charge on any atom is -0.378 e. The predicted octanol–water partition coefficient (Wildman–Crippen LogP) is 1.95. The molecular weight excluding hydrogens is 162 g/mol. The molecule has 76 valence electrons. The Morgan fingerprint density at radius 2 is 2.23 bits per heavy atom. The normalized spacial score (nSPS) is 41.8. The van der Waals surface area contributed by atoms with E-state index in [4.69, 9.17) is 4.74 Å². The van der Waals surface area contributed by atoms with Gasteiger partial charge in [-0.25, -0.2) is 0 Å². The first kappa shape index (κ1) is 9.47. The third-order valence-corrected chi connectivity index (χ3v) is 3.59. The van der Waals surface area contributed by atoms with Crippen LogP contribution in [0.3, 0.4) is 0 Å². The van der Waals surface area contributed by atoms with E-state index in [1.807, 2.05) is 0 Å². The van der Waals surface area contributed by atoms with Crippen molar-refractivity contribution in [2.75, 3.05) is 19.8 Å². The maximum atomic E-state index is 5.59. The molecular formula is C11H21NO. The summed E-state index contributed by atoms with van der Waals surface area (Å²) in [6.07, 6.45) is 6.78. The Hall–Kier alpha value is -0.0800. The summed E-state index contributed by atoms with van der Waals surface area (Å²) < 4.78 is 5.59. The molecule has 1 aliphatic heterocycles. The van der Waals surface area contributed by atoms with Crippen LogP contribution in [-0.2, 0) is 4.74 Å². The molecule has 0 bridgehead atoms. The molecule has 2 unspecified atom stereocenters. The molecule has 2 rings (SSSR count). The molecule has 1 saturated carbocycles. The quantitative estimate of drug-likeness (QED) is 0.619. The average molecular weight is 183 g/mol. The van der Waals surface area contributed by atoms with Crippen molar-refractivity contribution in [2.24, 2.45) is 5.92 Å². The zero-order valence-corrected chi connectivity index (χ0v) is 8.64. The number of hydrogen-bond donors (Lipinski definition) is 1. The van der Waals surface area contributed by atoms with E-state index >= 15 is 0 Å². The highest BCUT2D eigenvalue weighted by Gasteiger charge is 2.33. The number of ether oxygens (including phenoxy) is 1. The molecule has 1 aliphatic carbocycles. The lowest BCUT2D eigenvalue weighted by molar-refractivity contribution is 0.0195. The Bertz CT molecular complexity index is 163. The van der Waals surface area contributed by atoms with Gasteiger partial charge in [-0.2, -0.15) is 0 Å². The summed E-state index contributed by atoms with van der Waals surface area (Å²) >= 11 is 0. The number of hydrogen-bond acceptors (Lipinski definition) is 2. The van der Waals surface area contributed by atoms with Gasteiger partial charge in [-0.15, -0.1) is 0 Å². The third-order valence-electron chi connectivity index (χ3n) is 3.59. The van der Waals surface area contributed by atoms with Crippen molar-refractivity contribution in [1.29, 1.82) is 0 Å². The SMILES string of the molecule is CC1CCCC2(CC1)COCCN2. The Kier molecular flexibility index (Phi) is 2.89. The summed E-state index contributed by atoms with van der Waals surface area (Å²) in [5, 5.41) is 3.67.